The van der Waals surface area contributed by atoms with E-state index in [-0.39, 0.29) is 5.82 Å². The summed E-state index contributed by atoms with van der Waals surface area (Å²) < 4.78 is 17.1. The van der Waals surface area contributed by atoms with Crippen LogP contribution in [0.4, 0.5) is 10.1 Å². The number of nitrogens with one attached hydrogen (secondary N) is 1. The summed E-state index contributed by atoms with van der Waals surface area (Å²) in [6, 6.07) is 12.8. The van der Waals surface area contributed by atoms with Gasteiger partial charge in [0.05, 0.1) is 10.6 Å². The van der Waals surface area contributed by atoms with Gasteiger partial charge in [-0.25, -0.2) is 9.38 Å². The monoisotopic (exact) mass is 320 g/mol. The molecule has 3 rings (SSSR count). The third kappa shape index (κ3) is 2.54. The molecule has 2 aromatic rings. The number of halogens is 2. The van der Waals surface area contributed by atoms with E-state index >= 15 is 0 Å². The molecular weight excluding hydrogens is 307 g/mol. The average molecular weight is 321 g/mol. The van der Waals surface area contributed by atoms with Crippen molar-refractivity contribution in [1.82, 2.24) is 4.72 Å². The average Bonchev–Trinajstić information content (AvgIpc) is 2.46. The summed E-state index contributed by atoms with van der Waals surface area (Å²) in [7, 11) is 0. The quantitative estimate of drug-likeness (QED) is 0.623. The molecule has 108 valence electrons. The Morgan fingerprint density at radius 2 is 1.81 bits per heavy atom. The lowest BCUT2D eigenvalue weighted by Gasteiger charge is -2.29. The molecule has 1 heterocycles. The van der Waals surface area contributed by atoms with Crippen LogP contribution in [0.25, 0.3) is 0 Å². The number of hydrogen-bond acceptors (Lipinski definition) is 3. The van der Waals surface area contributed by atoms with Crippen molar-refractivity contribution in [2.75, 3.05) is 0 Å². The smallest absolute Gasteiger partial charge is 0.206 e. The Bertz CT molecular complexity index is 728. The summed E-state index contributed by atoms with van der Waals surface area (Å²) in [5.74, 6) is -0.211. The maximum absolute atomic E-state index is 14.2. The largest absolute Gasteiger partial charge is 0.300 e. The zero-order valence-electron chi connectivity index (χ0n) is 11.7. The fraction of sp³-hybridized carbons (Fsp3) is 0.188. The number of aliphatic imine (C=N–C) groups is 1. The van der Waals surface area contributed by atoms with E-state index < -0.39 is 5.41 Å². The standard InChI is InChI=1S/C16H14ClFN2S/c1-16(2,10-6-3-4-8-12(10)18)11-7-5-9-13-14(11)19-15(17)20-21-13/h3-9H,1-2H3,(H,19,20). The van der Waals surface area contributed by atoms with E-state index in [0.29, 0.717) is 10.9 Å². The van der Waals surface area contributed by atoms with E-state index in [0.717, 1.165) is 16.1 Å². The van der Waals surface area contributed by atoms with Crippen molar-refractivity contribution in [1.29, 1.82) is 0 Å². The maximum Gasteiger partial charge on any atom is 0.206 e. The van der Waals surface area contributed by atoms with Gasteiger partial charge in [-0.1, -0.05) is 44.2 Å². The molecule has 0 spiro atoms. The molecule has 1 N–H and O–H groups in total. The minimum atomic E-state index is -0.505. The SMILES string of the molecule is CC(C)(c1ccccc1F)c1cccc2c1N=C(Cl)NS2. The van der Waals surface area contributed by atoms with Crippen molar-refractivity contribution in [2.24, 2.45) is 4.99 Å². The van der Waals surface area contributed by atoms with Gasteiger partial charge >= 0.3 is 0 Å². The molecule has 0 bridgehead atoms. The number of hydrogen-bond donors (Lipinski definition) is 1. The van der Waals surface area contributed by atoms with Crippen LogP contribution in [0.1, 0.15) is 25.0 Å². The van der Waals surface area contributed by atoms with Gasteiger partial charge in [0, 0.05) is 5.41 Å². The molecule has 0 aliphatic carbocycles. The topological polar surface area (TPSA) is 24.4 Å². The van der Waals surface area contributed by atoms with E-state index in [1.807, 2.05) is 44.2 Å². The van der Waals surface area contributed by atoms with Crippen LogP contribution in [-0.4, -0.2) is 5.29 Å². The van der Waals surface area contributed by atoms with E-state index in [1.54, 1.807) is 6.07 Å². The fourth-order valence-corrected chi connectivity index (χ4v) is 3.39. The summed E-state index contributed by atoms with van der Waals surface area (Å²) in [5.41, 5.74) is 1.90. The molecular formula is C16H14ClFN2S. The van der Waals surface area contributed by atoms with Gasteiger partial charge in [-0.2, -0.15) is 0 Å². The Hall–Kier alpha value is -1.52. The van der Waals surface area contributed by atoms with Gasteiger partial charge in [0.15, 0.2) is 0 Å². The van der Waals surface area contributed by atoms with Crippen molar-refractivity contribution in [3.8, 4) is 0 Å². The minimum Gasteiger partial charge on any atom is -0.300 e. The fourth-order valence-electron chi connectivity index (χ4n) is 2.56. The van der Waals surface area contributed by atoms with Crippen molar-refractivity contribution in [2.45, 2.75) is 24.2 Å². The normalized spacial score (nSPS) is 14.2. The Kier molecular flexibility index (Phi) is 3.68. The molecule has 0 aromatic heterocycles. The summed E-state index contributed by atoms with van der Waals surface area (Å²) in [6.07, 6.45) is 0. The zero-order chi connectivity index (χ0) is 15.0. The first-order valence-electron chi connectivity index (χ1n) is 6.55. The maximum atomic E-state index is 14.2. The number of amidine groups is 1. The minimum absolute atomic E-state index is 0.211. The highest BCUT2D eigenvalue weighted by Crippen LogP contribution is 2.43. The number of benzene rings is 2. The molecule has 0 unspecified atom stereocenters. The highest BCUT2D eigenvalue weighted by molar-refractivity contribution is 7.98. The summed E-state index contributed by atoms with van der Waals surface area (Å²) in [5, 5.41) is 0.337. The number of nitrogens with zero attached hydrogens (tertiary/aromatic N) is 1. The van der Waals surface area contributed by atoms with Crippen LogP contribution in [0.2, 0.25) is 0 Å². The Labute approximate surface area is 132 Å². The molecule has 2 aromatic carbocycles. The summed E-state index contributed by atoms with van der Waals surface area (Å²) in [4.78, 5) is 5.38. The lowest BCUT2D eigenvalue weighted by molar-refractivity contribution is 0.548. The molecule has 0 radical (unpaired) electrons. The van der Waals surface area contributed by atoms with Crippen LogP contribution in [-0.2, 0) is 5.41 Å². The van der Waals surface area contributed by atoms with Gasteiger partial charge in [-0.15, -0.1) is 0 Å². The van der Waals surface area contributed by atoms with E-state index in [4.69, 9.17) is 11.6 Å². The first kappa shape index (κ1) is 14.4. The van der Waals surface area contributed by atoms with Crippen molar-refractivity contribution in [3.05, 3.63) is 59.4 Å². The molecule has 5 heteroatoms. The Balaban J connectivity index is 2.20. The third-order valence-electron chi connectivity index (χ3n) is 3.67. The summed E-state index contributed by atoms with van der Waals surface area (Å²) >= 11 is 7.41. The second-order valence-electron chi connectivity index (χ2n) is 5.36. The molecule has 2 nitrogen and oxygen atoms in total. The van der Waals surface area contributed by atoms with Crippen molar-refractivity contribution < 1.29 is 4.39 Å². The van der Waals surface area contributed by atoms with Crippen LogP contribution in [0.3, 0.4) is 0 Å². The lowest BCUT2D eigenvalue weighted by atomic mass is 9.77. The molecule has 0 amide bonds. The van der Waals surface area contributed by atoms with E-state index in [1.165, 1.54) is 18.0 Å². The highest BCUT2D eigenvalue weighted by Gasteiger charge is 2.30. The number of para-hydroxylation sites is 1. The lowest BCUT2D eigenvalue weighted by Crippen LogP contribution is -2.22. The van der Waals surface area contributed by atoms with E-state index in [2.05, 4.69) is 9.71 Å². The van der Waals surface area contributed by atoms with Gasteiger partial charge in [-0.05, 0) is 46.8 Å². The van der Waals surface area contributed by atoms with Gasteiger partial charge in [0.25, 0.3) is 0 Å². The molecule has 0 saturated carbocycles. The van der Waals surface area contributed by atoms with Crippen LogP contribution < -0.4 is 4.72 Å². The van der Waals surface area contributed by atoms with Crippen LogP contribution in [0.15, 0.2) is 52.4 Å². The van der Waals surface area contributed by atoms with Crippen LogP contribution >= 0.6 is 23.5 Å². The van der Waals surface area contributed by atoms with Crippen LogP contribution in [0.5, 0.6) is 0 Å². The molecule has 21 heavy (non-hydrogen) atoms. The Morgan fingerprint density at radius 3 is 2.57 bits per heavy atom. The van der Waals surface area contributed by atoms with E-state index in [9.17, 15) is 4.39 Å². The van der Waals surface area contributed by atoms with Gasteiger partial charge in [0.1, 0.15) is 5.82 Å². The molecule has 0 saturated heterocycles. The number of fused-ring (bicyclic) bond motifs is 1. The zero-order valence-corrected chi connectivity index (χ0v) is 13.2. The number of rotatable bonds is 2. The second kappa shape index (κ2) is 5.35. The van der Waals surface area contributed by atoms with Crippen molar-refractivity contribution in [3.63, 3.8) is 0 Å². The predicted molar refractivity (Wildman–Crippen MR) is 86.9 cm³/mol. The highest BCUT2D eigenvalue weighted by atomic mass is 35.5. The first-order valence-corrected chi connectivity index (χ1v) is 7.75. The molecule has 1 aliphatic rings. The van der Waals surface area contributed by atoms with Gasteiger partial charge in [0.2, 0.25) is 5.29 Å². The molecule has 1 aliphatic heterocycles. The van der Waals surface area contributed by atoms with Gasteiger partial charge in [-0.3, -0.25) is 0 Å². The van der Waals surface area contributed by atoms with Crippen molar-refractivity contribution >= 4 is 34.5 Å². The van der Waals surface area contributed by atoms with Gasteiger partial charge < -0.3 is 4.72 Å². The first-order chi connectivity index (χ1) is 10.00. The second-order valence-corrected chi connectivity index (χ2v) is 6.57. The van der Waals surface area contributed by atoms with Crippen LogP contribution in [0, 0.1) is 5.82 Å². The molecule has 0 fully saturated rings. The Morgan fingerprint density at radius 1 is 1.10 bits per heavy atom. The summed E-state index contributed by atoms with van der Waals surface area (Å²) in [6.45, 7) is 3.99. The molecule has 0 atom stereocenters. The predicted octanol–water partition coefficient (Wildman–Crippen LogP) is 4.99. The third-order valence-corrected chi connectivity index (χ3v) is 4.81.